The van der Waals surface area contributed by atoms with Crippen molar-refractivity contribution in [3.8, 4) is 11.5 Å². The van der Waals surface area contributed by atoms with Crippen LogP contribution in [-0.2, 0) is 13.0 Å². The summed E-state index contributed by atoms with van der Waals surface area (Å²) in [4.78, 5) is 6.64. The fraction of sp³-hybridized carbons (Fsp3) is 0.333. The highest BCUT2D eigenvalue weighted by molar-refractivity contribution is 5.53. The van der Waals surface area contributed by atoms with Crippen LogP contribution < -0.4 is 19.7 Å². The van der Waals surface area contributed by atoms with E-state index in [1.807, 2.05) is 19.1 Å². The number of anilines is 3. The molecule has 0 unspecified atom stereocenters. The third-order valence-corrected chi connectivity index (χ3v) is 4.43. The highest BCUT2D eigenvalue weighted by Crippen LogP contribution is 2.33. The van der Waals surface area contributed by atoms with Crippen molar-refractivity contribution in [2.75, 3.05) is 31.0 Å². The molecule has 0 saturated carbocycles. The number of nitrogens with zero attached hydrogens (tertiary/aromatic N) is 5. The minimum atomic E-state index is 0.556. The maximum Gasteiger partial charge on any atom is 0.247 e. The van der Waals surface area contributed by atoms with Crippen LogP contribution in [-0.4, -0.2) is 41.1 Å². The number of aryl methyl sites for hydroxylation is 1. The molecule has 1 N–H and O–H groups in total. The Morgan fingerprint density at radius 2 is 1.85 bits per heavy atom. The van der Waals surface area contributed by atoms with E-state index in [2.05, 4.69) is 30.6 Å². The van der Waals surface area contributed by atoms with E-state index >= 15 is 0 Å². The minimum Gasteiger partial charge on any atom is -0.493 e. The molecule has 140 valence electrons. The number of nitrogens with one attached hydrogen (secondary N) is 1. The van der Waals surface area contributed by atoms with Crippen LogP contribution >= 0.6 is 0 Å². The zero-order valence-electron chi connectivity index (χ0n) is 15.4. The molecular formula is C18H20N6O3. The van der Waals surface area contributed by atoms with Crippen molar-refractivity contribution in [3.63, 3.8) is 0 Å². The predicted octanol–water partition coefficient (Wildman–Crippen LogP) is 2.49. The topological polar surface area (TPSA) is 98.4 Å². The van der Waals surface area contributed by atoms with Crippen molar-refractivity contribution >= 4 is 17.6 Å². The third-order valence-electron chi connectivity index (χ3n) is 4.43. The largest absolute Gasteiger partial charge is 0.493 e. The Morgan fingerprint density at radius 3 is 2.56 bits per heavy atom. The molecule has 3 aromatic rings. The second-order valence-electron chi connectivity index (χ2n) is 6.24. The summed E-state index contributed by atoms with van der Waals surface area (Å²) in [5, 5.41) is 15.2. The van der Waals surface area contributed by atoms with Crippen LogP contribution in [0.25, 0.3) is 0 Å². The van der Waals surface area contributed by atoms with E-state index in [1.54, 1.807) is 26.5 Å². The van der Waals surface area contributed by atoms with E-state index in [0.717, 1.165) is 30.0 Å². The van der Waals surface area contributed by atoms with Gasteiger partial charge in [-0.05, 0) is 36.6 Å². The normalized spacial score (nSPS) is 13.2. The fourth-order valence-electron chi connectivity index (χ4n) is 3.10. The first-order valence-electron chi connectivity index (χ1n) is 8.55. The second-order valence-corrected chi connectivity index (χ2v) is 6.24. The number of ether oxygens (including phenoxy) is 2. The summed E-state index contributed by atoms with van der Waals surface area (Å²) in [6.07, 6.45) is 2.42. The summed E-state index contributed by atoms with van der Waals surface area (Å²) < 4.78 is 15.9. The maximum absolute atomic E-state index is 5.42. The molecule has 1 aliphatic heterocycles. The van der Waals surface area contributed by atoms with Gasteiger partial charge in [0.15, 0.2) is 23.1 Å². The van der Waals surface area contributed by atoms with E-state index in [-0.39, 0.29) is 0 Å². The maximum atomic E-state index is 5.42. The lowest BCUT2D eigenvalue weighted by atomic mass is 9.99. The summed E-state index contributed by atoms with van der Waals surface area (Å²) in [7, 11) is 3.28. The number of fused-ring (bicyclic) bond motifs is 1. The zero-order valence-corrected chi connectivity index (χ0v) is 15.4. The zero-order chi connectivity index (χ0) is 18.8. The lowest BCUT2D eigenvalue weighted by Gasteiger charge is -2.29. The SMILES string of the molecule is COc1cc2c(cc1OC)CN(c1nncc(Nc3cc(C)on3)n1)CC2. The molecule has 0 bridgehead atoms. The van der Waals surface area contributed by atoms with Gasteiger partial charge in [-0.1, -0.05) is 5.16 Å². The molecule has 0 aliphatic carbocycles. The molecule has 0 spiro atoms. The molecule has 27 heavy (non-hydrogen) atoms. The number of hydrogen-bond donors (Lipinski definition) is 1. The molecular weight excluding hydrogens is 348 g/mol. The van der Waals surface area contributed by atoms with Crippen LogP contribution in [0.15, 0.2) is 28.9 Å². The quantitative estimate of drug-likeness (QED) is 0.728. The van der Waals surface area contributed by atoms with Crippen molar-refractivity contribution in [3.05, 3.63) is 41.3 Å². The average Bonchev–Trinajstić information content (AvgIpc) is 3.11. The van der Waals surface area contributed by atoms with Gasteiger partial charge in [-0.2, -0.15) is 10.1 Å². The van der Waals surface area contributed by atoms with Gasteiger partial charge in [-0.3, -0.25) is 0 Å². The molecule has 0 atom stereocenters. The number of hydrogen-bond acceptors (Lipinski definition) is 9. The third kappa shape index (κ3) is 3.48. The van der Waals surface area contributed by atoms with Crippen LogP contribution in [0, 0.1) is 6.92 Å². The average molecular weight is 368 g/mol. The van der Waals surface area contributed by atoms with Gasteiger partial charge in [0.05, 0.1) is 20.4 Å². The Bertz CT molecular complexity index is 958. The lowest BCUT2D eigenvalue weighted by molar-refractivity contribution is 0.353. The highest BCUT2D eigenvalue weighted by atomic mass is 16.5. The number of rotatable bonds is 5. The number of benzene rings is 1. The summed E-state index contributed by atoms with van der Waals surface area (Å²) in [5.74, 6) is 3.88. The standard InChI is InChI=1S/C18H20N6O3/c1-11-6-16(23-27-11)20-17-9-19-22-18(21-17)24-5-4-12-7-14(25-2)15(26-3)8-13(12)10-24/h6-9H,4-5,10H2,1-3H3,(H,20,21,22,23). The van der Waals surface area contributed by atoms with Crippen LogP contribution in [0.4, 0.5) is 17.6 Å². The molecule has 1 aliphatic rings. The highest BCUT2D eigenvalue weighted by Gasteiger charge is 2.22. The summed E-state index contributed by atoms with van der Waals surface area (Å²) in [6, 6.07) is 5.84. The van der Waals surface area contributed by atoms with Crippen molar-refractivity contribution in [2.24, 2.45) is 0 Å². The van der Waals surface area contributed by atoms with E-state index in [1.165, 1.54) is 5.56 Å². The fourth-order valence-corrected chi connectivity index (χ4v) is 3.10. The van der Waals surface area contributed by atoms with Gasteiger partial charge in [-0.15, -0.1) is 5.10 Å². The summed E-state index contributed by atoms with van der Waals surface area (Å²) in [5.41, 5.74) is 2.40. The first-order valence-corrected chi connectivity index (χ1v) is 8.55. The van der Waals surface area contributed by atoms with Crippen molar-refractivity contribution in [2.45, 2.75) is 19.9 Å². The van der Waals surface area contributed by atoms with E-state index in [4.69, 9.17) is 14.0 Å². The molecule has 0 amide bonds. The molecule has 1 aromatic carbocycles. The molecule has 0 saturated heterocycles. The Kier molecular flexibility index (Phi) is 4.49. The van der Waals surface area contributed by atoms with Gasteiger partial charge in [0.1, 0.15) is 5.76 Å². The Hall–Kier alpha value is -3.36. The number of aromatic nitrogens is 4. The smallest absolute Gasteiger partial charge is 0.247 e. The Morgan fingerprint density at radius 1 is 1.07 bits per heavy atom. The summed E-state index contributed by atoms with van der Waals surface area (Å²) >= 11 is 0. The molecule has 2 aromatic heterocycles. The van der Waals surface area contributed by atoms with E-state index in [9.17, 15) is 0 Å². The molecule has 9 heteroatoms. The van der Waals surface area contributed by atoms with Gasteiger partial charge < -0.3 is 24.2 Å². The number of methoxy groups -OCH3 is 2. The molecule has 4 rings (SSSR count). The van der Waals surface area contributed by atoms with Crippen molar-refractivity contribution < 1.29 is 14.0 Å². The van der Waals surface area contributed by atoms with Gasteiger partial charge in [0, 0.05) is 19.2 Å². The van der Waals surface area contributed by atoms with Crippen LogP contribution in [0.2, 0.25) is 0 Å². The van der Waals surface area contributed by atoms with E-state index < -0.39 is 0 Å². The predicted molar refractivity (Wildman–Crippen MR) is 98.6 cm³/mol. The van der Waals surface area contributed by atoms with Gasteiger partial charge >= 0.3 is 0 Å². The van der Waals surface area contributed by atoms with Crippen LogP contribution in [0.5, 0.6) is 11.5 Å². The van der Waals surface area contributed by atoms with Crippen molar-refractivity contribution in [1.82, 2.24) is 20.3 Å². The Balaban J connectivity index is 1.56. The molecule has 3 heterocycles. The Labute approximate surface area is 156 Å². The van der Waals surface area contributed by atoms with Crippen LogP contribution in [0.3, 0.4) is 0 Å². The second kappa shape index (κ2) is 7.10. The van der Waals surface area contributed by atoms with Gasteiger partial charge in [0.2, 0.25) is 5.95 Å². The molecule has 0 fully saturated rings. The molecule has 9 nitrogen and oxygen atoms in total. The summed E-state index contributed by atoms with van der Waals surface area (Å²) in [6.45, 7) is 3.29. The van der Waals surface area contributed by atoms with Gasteiger partial charge in [-0.25, -0.2) is 0 Å². The first kappa shape index (κ1) is 17.1. The van der Waals surface area contributed by atoms with Crippen LogP contribution in [0.1, 0.15) is 16.9 Å². The van der Waals surface area contributed by atoms with E-state index in [0.29, 0.717) is 29.9 Å². The molecule has 0 radical (unpaired) electrons. The lowest BCUT2D eigenvalue weighted by Crippen LogP contribution is -2.32. The van der Waals surface area contributed by atoms with Gasteiger partial charge in [0.25, 0.3) is 0 Å². The monoisotopic (exact) mass is 368 g/mol. The van der Waals surface area contributed by atoms with Crippen molar-refractivity contribution in [1.29, 1.82) is 0 Å². The first-order chi connectivity index (χ1) is 13.2. The minimum absolute atomic E-state index is 0.556.